The number of carbonyl (C=O) groups is 1. The van der Waals surface area contributed by atoms with E-state index in [1.165, 1.54) is 11.0 Å². The molecule has 1 N–H and O–H groups in total. The van der Waals surface area contributed by atoms with Crippen LogP contribution in [-0.2, 0) is 11.3 Å². The number of hydrogen-bond acceptors (Lipinski definition) is 4. The number of carbonyl (C=O) groups excluding carboxylic acids is 1. The van der Waals surface area contributed by atoms with E-state index in [4.69, 9.17) is 9.47 Å². The Morgan fingerprint density at radius 2 is 2.04 bits per heavy atom. The van der Waals surface area contributed by atoms with Gasteiger partial charge < -0.3 is 19.7 Å². The highest BCUT2D eigenvalue weighted by Crippen LogP contribution is 2.38. The summed E-state index contributed by atoms with van der Waals surface area (Å²) in [5, 5.41) is 3.29. The average molecular weight is 435 g/mol. The minimum atomic E-state index is -0.377. The quantitative estimate of drug-likeness (QED) is 0.797. The van der Waals surface area contributed by atoms with Crippen LogP contribution in [0.4, 0.5) is 10.1 Å². The highest BCUT2D eigenvalue weighted by atomic mass is 79.9. The van der Waals surface area contributed by atoms with Gasteiger partial charge in [0.2, 0.25) is 5.91 Å². The first-order valence-electron chi connectivity index (χ1n) is 9.01. The fourth-order valence-electron chi connectivity index (χ4n) is 3.41. The van der Waals surface area contributed by atoms with E-state index in [1.807, 2.05) is 12.1 Å². The van der Waals surface area contributed by atoms with Crippen LogP contribution in [0.3, 0.4) is 0 Å². The fraction of sp³-hybridized carbons (Fsp3) is 0.350. The number of fused-ring (bicyclic) bond motifs is 1. The number of anilines is 1. The Balaban J connectivity index is 1.44. The molecule has 2 aliphatic heterocycles. The summed E-state index contributed by atoms with van der Waals surface area (Å²) in [6, 6.07) is 9.94. The van der Waals surface area contributed by atoms with E-state index in [0.717, 1.165) is 22.2 Å². The van der Waals surface area contributed by atoms with E-state index in [1.54, 1.807) is 18.2 Å². The molecule has 2 aliphatic rings. The molecule has 27 heavy (non-hydrogen) atoms. The number of nitrogens with zero attached hydrogens (tertiary/aromatic N) is 1. The van der Waals surface area contributed by atoms with E-state index >= 15 is 0 Å². The van der Waals surface area contributed by atoms with E-state index in [0.29, 0.717) is 44.2 Å². The Labute approximate surface area is 165 Å². The van der Waals surface area contributed by atoms with E-state index in [9.17, 15) is 9.18 Å². The molecule has 0 saturated carbocycles. The number of halogens is 2. The third-order valence-electron chi connectivity index (χ3n) is 4.76. The van der Waals surface area contributed by atoms with Crippen molar-refractivity contribution in [3.63, 3.8) is 0 Å². The van der Waals surface area contributed by atoms with Crippen LogP contribution in [0.5, 0.6) is 11.5 Å². The topological polar surface area (TPSA) is 50.8 Å². The van der Waals surface area contributed by atoms with Crippen LogP contribution in [0.1, 0.15) is 18.4 Å². The van der Waals surface area contributed by atoms with Crippen molar-refractivity contribution in [2.45, 2.75) is 25.4 Å². The summed E-state index contributed by atoms with van der Waals surface area (Å²) in [4.78, 5) is 14.2. The van der Waals surface area contributed by atoms with Crippen molar-refractivity contribution in [1.82, 2.24) is 5.32 Å². The van der Waals surface area contributed by atoms with Gasteiger partial charge in [0.05, 0.1) is 29.4 Å². The highest BCUT2D eigenvalue weighted by molar-refractivity contribution is 9.10. The van der Waals surface area contributed by atoms with Gasteiger partial charge >= 0.3 is 0 Å². The number of nitrogens with one attached hydrogen (secondary N) is 1. The third kappa shape index (κ3) is 3.80. The molecule has 0 radical (unpaired) electrons. The molecule has 1 amide bonds. The molecule has 1 fully saturated rings. The van der Waals surface area contributed by atoms with E-state index in [-0.39, 0.29) is 17.8 Å². The van der Waals surface area contributed by atoms with Crippen molar-refractivity contribution in [3.05, 3.63) is 52.3 Å². The van der Waals surface area contributed by atoms with Crippen LogP contribution in [-0.4, -0.2) is 31.7 Å². The molecular formula is C20H20BrFN2O3. The maximum atomic E-state index is 14.0. The lowest BCUT2D eigenvalue weighted by Gasteiger charge is -2.18. The van der Waals surface area contributed by atoms with Gasteiger partial charge in [-0.25, -0.2) is 4.39 Å². The summed E-state index contributed by atoms with van der Waals surface area (Å²) in [7, 11) is 0. The first kappa shape index (κ1) is 18.3. The molecule has 5 nitrogen and oxygen atoms in total. The number of para-hydroxylation sites is 1. The van der Waals surface area contributed by atoms with Crippen molar-refractivity contribution < 1.29 is 18.7 Å². The minimum absolute atomic E-state index is 0.103. The van der Waals surface area contributed by atoms with Crippen molar-refractivity contribution in [2.75, 3.05) is 24.7 Å². The number of hydrogen-bond donors (Lipinski definition) is 1. The van der Waals surface area contributed by atoms with Gasteiger partial charge in [0.15, 0.2) is 11.5 Å². The lowest BCUT2D eigenvalue weighted by Crippen LogP contribution is -2.38. The van der Waals surface area contributed by atoms with Crippen molar-refractivity contribution in [1.29, 1.82) is 0 Å². The molecule has 0 aromatic heterocycles. The average Bonchev–Trinajstić information content (AvgIpc) is 2.87. The fourth-order valence-corrected chi connectivity index (χ4v) is 4.01. The van der Waals surface area contributed by atoms with Crippen LogP contribution in [0.15, 0.2) is 40.9 Å². The molecule has 4 rings (SSSR count). The first-order chi connectivity index (χ1) is 13.1. The normalized spacial score (nSPS) is 19.3. The van der Waals surface area contributed by atoms with Crippen LogP contribution in [0, 0.1) is 5.82 Å². The number of ether oxygens (including phenoxy) is 2. The second kappa shape index (κ2) is 7.86. The molecule has 1 saturated heterocycles. The lowest BCUT2D eigenvalue weighted by molar-refractivity contribution is -0.118. The Morgan fingerprint density at radius 1 is 1.22 bits per heavy atom. The molecule has 2 aromatic carbocycles. The van der Waals surface area contributed by atoms with Gasteiger partial charge in [0.1, 0.15) is 5.82 Å². The Bertz CT molecular complexity index is 861. The van der Waals surface area contributed by atoms with Gasteiger partial charge in [0, 0.05) is 19.5 Å². The standard InChI is InChI=1S/C20H20BrFN2O3/c21-14-10-13(11-18-19(14)27-9-3-8-26-18)12-23-16-6-7-24(20(16)25)17-5-2-1-4-15(17)22/h1-2,4-5,10-11,16,23H,3,6-9,12H2. The molecular weight excluding hydrogens is 415 g/mol. The Morgan fingerprint density at radius 3 is 2.89 bits per heavy atom. The van der Waals surface area contributed by atoms with Gasteiger partial charge in [-0.15, -0.1) is 0 Å². The number of rotatable bonds is 4. The molecule has 2 aromatic rings. The first-order valence-corrected chi connectivity index (χ1v) is 9.80. The van der Waals surface area contributed by atoms with Crippen molar-refractivity contribution in [2.24, 2.45) is 0 Å². The highest BCUT2D eigenvalue weighted by Gasteiger charge is 2.33. The summed E-state index contributed by atoms with van der Waals surface area (Å²) >= 11 is 3.53. The predicted molar refractivity (Wildman–Crippen MR) is 104 cm³/mol. The van der Waals surface area contributed by atoms with E-state index < -0.39 is 0 Å². The second-order valence-electron chi connectivity index (χ2n) is 6.62. The predicted octanol–water partition coefficient (Wildman–Crippen LogP) is 3.64. The Hall–Kier alpha value is -2.12. The molecule has 0 bridgehead atoms. The summed E-state index contributed by atoms with van der Waals surface area (Å²) in [5.74, 6) is 0.954. The van der Waals surface area contributed by atoms with Gasteiger partial charge in [-0.05, 0) is 52.2 Å². The van der Waals surface area contributed by atoms with Gasteiger partial charge in [-0.3, -0.25) is 4.79 Å². The largest absolute Gasteiger partial charge is 0.490 e. The minimum Gasteiger partial charge on any atom is -0.490 e. The summed E-state index contributed by atoms with van der Waals surface area (Å²) in [6.45, 7) is 2.26. The molecule has 7 heteroatoms. The maximum absolute atomic E-state index is 14.0. The van der Waals surface area contributed by atoms with Crippen LogP contribution < -0.4 is 19.7 Å². The zero-order valence-corrected chi connectivity index (χ0v) is 16.3. The number of benzene rings is 2. The molecule has 1 unspecified atom stereocenters. The second-order valence-corrected chi connectivity index (χ2v) is 7.47. The van der Waals surface area contributed by atoms with Crippen LogP contribution in [0.2, 0.25) is 0 Å². The maximum Gasteiger partial charge on any atom is 0.244 e. The monoisotopic (exact) mass is 434 g/mol. The molecule has 0 spiro atoms. The zero-order valence-electron chi connectivity index (χ0n) is 14.7. The lowest BCUT2D eigenvalue weighted by atomic mass is 10.1. The van der Waals surface area contributed by atoms with E-state index in [2.05, 4.69) is 21.2 Å². The third-order valence-corrected chi connectivity index (χ3v) is 5.35. The van der Waals surface area contributed by atoms with Crippen LogP contribution in [0.25, 0.3) is 0 Å². The molecule has 1 atom stereocenters. The van der Waals surface area contributed by atoms with Crippen molar-refractivity contribution in [3.8, 4) is 11.5 Å². The number of amides is 1. The van der Waals surface area contributed by atoms with Gasteiger partial charge in [-0.2, -0.15) is 0 Å². The SMILES string of the molecule is O=C1C(NCc2cc(Br)c3c(c2)OCCCO3)CCN1c1ccccc1F. The van der Waals surface area contributed by atoms with Gasteiger partial charge in [0.25, 0.3) is 0 Å². The van der Waals surface area contributed by atoms with Crippen LogP contribution >= 0.6 is 15.9 Å². The van der Waals surface area contributed by atoms with Gasteiger partial charge in [-0.1, -0.05) is 12.1 Å². The smallest absolute Gasteiger partial charge is 0.244 e. The molecule has 0 aliphatic carbocycles. The molecule has 142 valence electrons. The molecule has 2 heterocycles. The summed E-state index contributed by atoms with van der Waals surface area (Å²) in [6.07, 6.45) is 1.48. The zero-order chi connectivity index (χ0) is 18.8. The summed E-state index contributed by atoms with van der Waals surface area (Å²) < 4.78 is 26.3. The Kier molecular flexibility index (Phi) is 5.31. The van der Waals surface area contributed by atoms with Crippen molar-refractivity contribution >= 4 is 27.5 Å². The summed E-state index contributed by atoms with van der Waals surface area (Å²) in [5.41, 5.74) is 1.33.